The lowest BCUT2D eigenvalue weighted by Gasteiger charge is -2.15. The fourth-order valence-corrected chi connectivity index (χ4v) is 3.41. The van der Waals surface area contributed by atoms with Gasteiger partial charge in [-0.1, -0.05) is 13.8 Å². The molecule has 1 aromatic heterocycles. The van der Waals surface area contributed by atoms with E-state index in [1.165, 1.54) is 11.3 Å². The summed E-state index contributed by atoms with van der Waals surface area (Å²) in [6.07, 6.45) is 4.15. The number of nitrogens with one attached hydrogen (secondary N) is 2. The molecule has 1 heterocycles. The molecular formula is C17H19N3O2S. The van der Waals surface area contributed by atoms with Crippen LogP contribution < -0.4 is 10.6 Å². The molecule has 0 saturated heterocycles. The number of hydrogen-bond acceptors (Lipinski definition) is 4. The van der Waals surface area contributed by atoms with Gasteiger partial charge in [-0.3, -0.25) is 10.1 Å². The maximum absolute atomic E-state index is 12.1. The minimum atomic E-state index is -0.322. The molecule has 0 saturated carbocycles. The van der Waals surface area contributed by atoms with Crippen molar-refractivity contribution in [1.82, 2.24) is 4.98 Å². The van der Waals surface area contributed by atoms with Gasteiger partial charge < -0.3 is 5.32 Å². The van der Waals surface area contributed by atoms with Crippen LogP contribution in [-0.2, 0) is 6.42 Å². The van der Waals surface area contributed by atoms with Crippen molar-refractivity contribution in [2.75, 3.05) is 10.6 Å². The minimum absolute atomic E-state index is 0.186. The number of carbonyl (C=O) groups is 2. The van der Waals surface area contributed by atoms with E-state index in [1.54, 1.807) is 18.3 Å². The van der Waals surface area contributed by atoms with E-state index in [4.69, 9.17) is 0 Å². The third kappa shape index (κ3) is 3.59. The van der Waals surface area contributed by atoms with Crippen LogP contribution in [0.5, 0.6) is 0 Å². The van der Waals surface area contributed by atoms with Crippen LogP contribution in [0.4, 0.5) is 15.6 Å². The molecule has 0 aliphatic heterocycles. The molecule has 0 atom stereocenters. The second-order valence-corrected chi connectivity index (χ2v) is 7.01. The Bertz CT molecular complexity index is 752. The minimum Gasteiger partial charge on any atom is -0.308 e. The van der Waals surface area contributed by atoms with Crippen molar-refractivity contribution < 1.29 is 9.59 Å². The van der Waals surface area contributed by atoms with Gasteiger partial charge in [0.25, 0.3) is 0 Å². The smallest absolute Gasteiger partial charge is 0.308 e. The topological polar surface area (TPSA) is 71.1 Å². The number of aromatic nitrogens is 1. The van der Waals surface area contributed by atoms with E-state index in [-0.39, 0.29) is 11.8 Å². The zero-order chi connectivity index (χ0) is 16.4. The van der Waals surface area contributed by atoms with Gasteiger partial charge in [0.05, 0.1) is 0 Å². The molecule has 0 radical (unpaired) electrons. The number of urea groups is 1. The molecule has 0 bridgehead atoms. The van der Waals surface area contributed by atoms with Crippen molar-refractivity contribution in [1.29, 1.82) is 0 Å². The number of rotatable bonds is 3. The standard InChI is InChI=1S/C17H19N3O2S/c1-10(2)15-9-18-17(23-15)20-16(22)19-12-6-7-13-11(8-12)4-3-5-14(13)21/h6-10H,3-5H2,1-2H3,(H2,18,19,20,22). The van der Waals surface area contributed by atoms with Crippen molar-refractivity contribution in [3.63, 3.8) is 0 Å². The lowest BCUT2D eigenvalue weighted by molar-refractivity contribution is 0.0972. The Morgan fingerprint density at radius 1 is 1.26 bits per heavy atom. The number of aryl methyl sites for hydroxylation is 1. The van der Waals surface area contributed by atoms with Gasteiger partial charge in [0.2, 0.25) is 0 Å². The van der Waals surface area contributed by atoms with E-state index in [1.807, 2.05) is 6.07 Å². The van der Waals surface area contributed by atoms with Gasteiger partial charge in [-0.2, -0.15) is 0 Å². The first-order valence-corrected chi connectivity index (χ1v) is 8.54. The highest BCUT2D eigenvalue weighted by Gasteiger charge is 2.17. The molecule has 1 aliphatic rings. The van der Waals surface area contributed by atoms with Crippen LogP contribution in [0.2, 0.25) is 0 Å². The van der Waals surface area contributed by atoms with Crippen LogP contribution in [0.25, 0.3) is 0 Å². The normalized spacial score (nSPS) is 13.8. The molecule has 2 aromatic rings. The molecule has 1 aromatic carbocycles. The SMILES string of the molecule is CC(C)c1cnc(NC(=O)Nc2ccc3c(c2)CCCC3=O)s1. The number of carbonyl (C=O) groups excluding carboxylic acids is 2. The third-order valence-corrected chi connectivity index (χ3v) is 5.04. The number of thiazole rings is 1. The number of amides is 2. The number of anilines is 2. The van der Waals surface area contributed by atoms with Gasteiger partial charge in [0, 0.05) is 28.7 Å². The molecule has 2 N–H and O–H groups in total. The summed E-state index contributed by atoms with van der Waals surface area (Å²) in [5.74, 6) is 0.579. The van der Waals surface area contributed by atoms with Crippen molar-refractivity contribution in [2.24, 2.45) is 0 Å². The van der Waals surface area contributed by atoms with Crippen LogP contribution in [0.1, 0.15) is 53.4 Å². The Labute approximate surface area is 139 Å². The van der Waals surface area contributed by atoms with Crippen LogP contribution >= 0.6 is 11.3 Å². The second kappa shape index (κ2) is 6.50. The molecule has 3 rings (SSSR count). The van der Waals surface area contributed by atoms with E-state index >= 15 is 0 Å². The highest BCUT2D eigenvalue weighted by molar-refractivity contribution is 7.15. The molecule has 120 valence electrons. The Morgan fingerprint density at radius 3 is 2.83 bits per heavy atom. The van der Waals surface area contributed by atoms with Crippen molar-refractivity contribution >= 4 is 34.0 Å². The highest BCUT2D eigenvalue weighted by Crippen LogP contribution is 2.26. The lowest BCUT2D eigenvalue weighted by atomic mass is 9.90. The van der Waals surface area contributed by atoms with Crippen LogP contribution in [0.15, 0.2) is 24.4 Å². The Hall–Kier alpha value is -2.21. The summed E-state index contributed by atoms with van der Waals surface area (Å²) in [7, 11) is 0. The predicted molar refractivity (Wildman–Crippen MR) is 92.6 cm³/mol. The van der Waals surface area contributed by atoms with Gasteiger partial charge in [-0.25, -0.2) is 9.78 Å². The zero-order valence-corrected chi connectivity index (χ0v) is 14.0. The molecule has 0 fully saturated rings. The van der Waals surface area contributed by atoms with Gasteiger partial charge in [0.15, 0.2) is 10.9 Å². The predicted octanol–water partition coefficient (Wildman–Crippen LogP) is 4.43. The van der Waals surface area contributed by atoms with Crippen molar-refractivity contribution in [2.45, 2.75) is 39.0 Å². The molecular weight excluding hydrogens is 310 g/mol. The molecule has 0 unspecified atom stereocenters. The first kappa shape index (κ1) is 15.7. The van der Waals surface area contributed by atoms with Gasteiger partial charge in [-0.05, 0) is 42.5 Å². The maximum atomic E-state index is 12.1. The Balaban J connectivity index is 1.66. The second-order valence-electron chi connectivity index (χ2n) is 5.95. The molecule has 6 heteroatoms. The average Bonchev–Trinajstić information content (AvgIpc) is 2.96. The number of fused-ring (bicyclic) bond motifs is 1. The average molecular weight is 329 g/mol. The molecule has 1 aliphatic carbocycles. The molecule has 2 amide bonds. The van der Waals surface area contributed by atoms with Gasteiger partial charge in [-0.15, -0.1) is 11.3 Å². The van der Waals surface area contributed by atoms with Crippen LogP contribution in [-0.4, -0.2) is 16.8 Å². The summed E-state index contributed by atoms with van der Waals surface area (Å²) >= 11 is 1.48. The summed E-state index contributed by atoms with van der Waals surface area (Å²) in [6.45, 7) is 4.18. The fourth-order valence-electron chi connectivity index (χ4n) is 2.60. The fraction of sp³-hybridized carbons (Fsp3) is 0.353. The van der Waals surface area contributed by atoms with Crippen molar-refractivity contribution in [3.05, 3.63) is 40.4 Å². The third-order valence-electron chi connectivity index (χ3n) is 3.83. The summed E-state index contributed by atoms with van der Waals surface area (Å²) in [5, 5.41) is 6.13. The zero-order valence-electron chi connectivity index (χ0n) is 13.2. The van der Waals surface area contributed by atoms with Gasteiger partial charge in [0.1, 0.15) is 0 Å². The summed E-state index contributed by atoms with van der Waals surface area (Å²) in [4.78, 5) is 29.2. The highest BCUT2D eigenvalue weighted by atomic mass is 32.1. The first-order chi connectivity index (χ1) is 11.0. The maximum Gasteiger partial charge on any atom is 0.325 e. The van der Waals surface area contributed by atoms with E-state index in [0.717, 1.165) is 28.8 Å². The monoisotopic (exact) mass is 329 g/mol. The van der Waals surface area contributed by atoms with Crippen molar-refractivity contribution in [3.8, 4) is 0 Å². The number of Topliss-reactive ketones (excluding diaryl/α,β-unsaturated/α-hetero) is 1. The van der Waals surface area contributed by atoms with Crippen LogP contribution in [0, 0.1) is 0 Å². The van der Waals surface area contributed by atoms with E-state index < -0.39 is 0 Å². The number of nitrogens with zero attached hydrogens (tertiary/aromatic N) is 1. The van der Waals surface area contributed by atoms with Crippen LogP contribution in [0.3, 0.4) is 0 Å². The largest absolute Gasteiger partial charge is 0.325 e. The molecule has 5 nitrogen and oxygen atoms in total. The summed E-state index contributed by atoms with van der Waals surface area (Å²) in [6, 6.07) is 5.13. The van der Waals surface area contributed by atoms with Gasteiger partial charge >= 0.3 is 6.03 Å². The van der Waals surface area contributed by atoms with E-state index in [9.17, 15) is 9.59 Å². The summed E-state index contributed by atoms with van der Waals surface area (Å²) in [5.41, 5.74) is 2.48. The summed E-state index contributed by atoms with van der Waals surface area (Å²) < 4.78 is 0. The van der Waals surface area contributed by atoms with E-state index in [2.05, 4.69) is 29.5 Å². The quantitative estimate of drug-likeness (QED) is 0.875. The number of ketones is 1. The number of benzene rings is 1. The number of hydrogen-bond donors (Lipinski definition) is 2. The first-order valence-electron chi connectivity index (χ1n) is 7.73. The molecule has 23 heavy (non-hydrogen) atoms. The lowest BCUT2D eigenvalue weighted by Crippen LogP contribution is -2.20. The molecule has 0 spiro atoms. The Kier molecular flexibility index (Phi) is 4.43. The Morgan fingerprint density at radius 2 is 2.09 bits per heavy atom. The van der Waals surface area contributed by atoms with E-state index in [0.29, 0.717) is 23.2 Å².